The van der Waals surface area contributed by atoms with E-state index in [0.717, 1.165) is 0 Å². The molecule has 0 aliphatic rings. The molecule has 100 valence electrons. The second-order valence-electron chi connectivity index (χ2n) is 4.60. The van der Waals surface area contributed by atoms with Crippen molar-refractivity contribution >= 4 is 21.7 Å². The third-order valence-corrected chi connectivity index (χ3v) is 3.26. The minimum Gasteiger partial charge on any atom is -0.294 e. The average molecular weight is 325 g/mol. The van der Waals surface area contributed by atoms with E-state index < -0.39 is 5.82 Å². The van der Waals surface area contributed by atoms with Gasteiger partial charge in [0.05, 0.1) is 17.7 Å². The van der Waals surface area contributed by atoms with E-state index in [0.29, 0.717) is 10.2 Å². The molecule has 2 aromatic rings. The van der Waals surface area contributed by atoms with Gasteiger partial charge in [0.1, 0.15) is 5.82 Å². The molecule has 1 aromatic heterocycles. The Hall–Kier alpha value is -1.49. The molecule has 2 rings (SSSR count). The van der Waals surface area contributed by atoms with Crippen LogP contribution in [0.5, 0.6) is 0 Å². The maximum absolute atomic E-state index is 13.6. The second-order valence-corrected chi connectivity index (χ2v) is 5.52. The lowest BCUT2D eigenvalue weighted by Gasteiger charge is -2.04. The highest BCUT2D eigenvalue weighted by Crippen LogP contribution is 2.17. The van der Waals surface area contributed by atoms with Gasteiger partial charge in [-0.2, -0.15) is 5.10 Å². The summed E-state index contributed by atoms with van der Waals surface area (Å²) in [5.74, 6) is -0.774. The van der Waals surface area contributed by atoms with Crippen LogP contribution in [0.25, 0.3) is 0 Å². The first-order valence-electron chi connectivity index (χ1n) is 5.99. The Bertz CT molecular complexity index is 607. The van der Waals surface area contributed by atoms with Gasteiger partial charge in [-0.15, -0.1) is 0 Å². The summed E-state index contributed by atoms with van der Waals surface area (Å²) in [6.07, 6.45) is 1.93. The van der Waals surface area contributed by atoms with Gasteiger partial charge in [-0.05, 0) is 38.1 Å². The number of halogens is 2. The van der Waals surface area contributed by atoms with E-state index in [1.807, 2.05) is 20.0 Å². The first kappa shape index (κ1) is 13.9. The van der Waals surface area contributed by atoms with Gasteiger partial charge in [-0.25, -0.2) is 4.39 Å². The number of hydrogen-bond acceptors (Lipinski definition) is 2. The zero-order valence-corrected chi connectivity index (χ0v) is 12.3. The normalized spacial score (nSPS) is 11.0. The van der Waals surface area contributed by atoms with Gasteiger partial charge in [-0.1, -0.05) is 15.9 Å². The number of Topliss-reactive ketones (excluding diaryl/α,β-unsaturated/α-hetero) is 1. The molecule has 0 radical (unpaired) electrons. The van der Waals surface area contributed by atoms with Crippen molar-refractivity contribution in [3.63, 3.8) is 0 Å². The Balaban J connectivity index is 2.18. The fraction of sp³-hybridized carbons (Fsp3) is 0.286. The molecule has 0 bridgehead atoms. The summed E-state index contributed by atoms with van der Waals surface area (Å²) in [6, 6.07) is 6.38. The van der Waals surface area contributed by atoms with Gasteiger partial charge in [0.25, 0.3) is 0 Å². The topological polar surface area (TPSA) is 34.9 Å². The lowest BCUT2D eigenvalue weighted by molar-refractivity contribution is 0.0987. The number of carbonyl (C=O) groups excluding carboxylic acids is 1. The van der Waals surface area contributed by atoms with Crippen molar-refractivity contribution in [2.75, 3.05) is 0 Å². The van der Waals surface area contributed by atoms with Gasteiger partial charge >= 0.3 is 0 Å². The van der Waals surface area contributed by atoms with E-state index in [4.69, 9.17) is 0 Å². The highest BCUT2D eigenvalue weighted by atomic mass is 79.9. The molecule has 0 spiro atoms. The predicted molar refractivity (Wildman–Crippen MR) is 74.7 cm³/mol. The molecule has 5 heteroatoms. The van der Waals surface area contributed by atoms with Crippen molar-refractivity contribution in [3.8, 4) is 0 Å². The van der Waals surface area contributed by atoms with Gasteiger partial charge < -0.3 is 0 Å². The van der Waals surface area contributed by atoms with Crippen LogP contribution < -0.4 is 0 Å². The van der Waals surface area contributed by atoms with Gasteiger partial charge in [0, 0.05) is 16.7 Å². The van der Waals surface area contributed by atoms with Crippen LogP contribution >= 0.6 is 15.9 Å². The number of carbonyl (C=O) groups is 1. The first-order valence-corrected chi connectivity index (χ1v) is 6.79. The predicted octanol–water partition coefficient (Wildman–Crippen LogP) is 3.79. The monoisotopic (exact) mass is 324 g/mol. The number of ketones is 1. The van der Waals surface area contributed by atoms with Crippen LogP contribution in [0.4, 0.5) is 4.39 Å². The van der Waals surface area contributed by atoms with Crippen molar-refractivity contribution < 1.29 is 9.18 Å². The van der Waals surface area contributed by atoms with Crippen molar-refractivity contribution in [1.29, 1.82) is 0 Å². The Morgan fingerprint density at radius 2 is 2.16 bits per heavy atom. The Morgan fingerprint density at radius 3 is 2.79 bits per heavy atom. The lowest BCUT2D eigenvalue weighted by atomic mass is 10.1. The molecule has 1 heterocycles. The van der Waals surface area contributed by atoms with Crippen LogP contribution in [0.3, 0.4) is 0 Å². The minimum absolute atomic E-state index is 0.0912. The second kappa shape index (κ2) is 5.65. The van der Waals surface area contributed by atoms with Crippen LogP contribution in [0.1, 0.15) is 35.9 Å². The number of aromatic nitrogens is 2. The summed E-state index contributed by atoms with van der Waals surface area (Å²) in [5, 5.41) is 4.29. The SMILES string of the molecule is CC(C)n1ccc(CC(=O)c2cc(Br)ccc2F)n1. The summed E-state index contributed by atoms with van der Waals surface area (Å²) >= 11 is 3.23. The van der Waals surface area contributed by atoms with Crippen molar-refractivity contribution in [2.45, 2.75) is 26.3 Å². The van der Waals surface area contributed by atoms with E-state index in [1.54, 1.807) is 16.8 Å². The summed E-state index contributed by atoms with van der Waals surface area (Å²) < 4.78 is 16.1. The summed E-state index contributed by atoms with van der Waals surface area (Å²) in [5.41, 5.74) is 0.742. The van der Waals surface area contributed by atoms with Gasteiger partial charge in [0.2, 0.25) is 0 Å². The summed E-state index contributed by atoms with van der Waals surface area (Å²) in [7, 11) is 0. The Kier molecular flexibility index (Phi) is 4.14. The molecule has 0 amide bonds. The molecular weight excluding hydrogens is 311 g/mol. The average Bonchev–Trinajstić information content (AvgIpc) is 2.80. The molecular formula is C14H14BrFN2O. The molecule has 19 heavy (non-hydrogen) atoms. The minimum atomic E-state index is -0.503. The molecule has 0 unspecified atom stereocenters. The number of rotatable bonds is 4. The van der Waals surface area contributed by atoms with Gasteiger partial charge in [0.15, 0.2) is 5.78 Å². The van der Waals surface area contributed by atoms with E-state index in [1.165, 1.54) is 12.1 Å². The van der Waals surface area contributed by atoms with Crippen LogP contribution in [0.15, 0.2) is 34.9 Å². The molecule has 0 aliphatic heterocycles. The van der Waals surface area contributed by atoms with Crippen molar-refractivity contribution in [1.82, 2.24) is 9.78 Å². The summed E-state index contributed by atoms with van der Waals surface area (Å²) in [6.45, 7) is 4.01. The Labute approximate surface area is 119 Å². The molecule has 0 atom stereocenters. The van der Waals surface area contributed by atoms with E-state index in [2.05, 4.69) is 21.0 Å². The Morgan fingerprint density at radius 1 is 1.42 bits per heavy atom. The molecule has 0 aliphatic carbocycles. The van der Waals surface area contributed by atoms with Gasteiger partial charge in [-0.3, -0.25) is 9.48 Å². The maximum Gasteiger partial charge on any atom is 0.171 e. The van der Waals surface area contributed by atoms with E-state index in [-0.39, 0.29) is 23.8 Å². The van der Waals surface area contributed by atoms with Crippen LogP contribution in [-0.4, -0.2) is 15.6 Å². The quantitative estimate of drug-likeness (QED) is 0.802. The van der Waals surface area contributed by atoms with Crippen molar-refractivity contribution in [2.24, 2.45) is 0 Å². The van der Waals surface area contributed by atoms with Crippen LogP contribution in [0.2, 0.25) is 0 Å². The van der Waals surface area contributed by atoms with Crippen molar-refractivity contribution in [3.05, 3.63) is 52.0 Å². The highest BCUT2D eigenvalue weighted by Gasteiger charge is 2.14. The summed E-state index contributed by atoms with van der Waals surface area (Å²) in [4.78, 5) is 12.1. The van der Waals surface area contributed by atoms with E-state index in [9.17, 15) is 9.18 Å². The molecule has 0 fully saturated rings. The molecule has 0 N–H and O–H groups in total. The van der Waals surface area contributed by atoms with E-state index >= 15 is 0 Å². The standard InChI is InChI=1S/C14H14BrFN2O/c1-9(2)18-6-5-11(17-18)8-14(19)12-7-10(15)3-4-13(12)16/h3-7,9H,8H2,1-2H3. The first-order chi connectivity index (χ1) is 8.97. The number of benzene rings is 1. The molecule has 1 aromatic carbocycles. The smallest absolute Gasteiger partial charge is 0.171 e. The largest absolute Gasteiger partial charge is 0.294 e. The third-order valence-electron chi connectivity index (χ3n) is 2.76. The molecule has 0 saturated carbocycles. The van der Waals surface area contributed by atoms with Crippen LogP contribution in [-0.2, 0) is 6.42 Å². The number of nitrogens with zero attached hydrogens (tertiary/aromatic N) is 2. The van der Waals surface area contributed by atoms with Crippen LogP contribution in [0, 0.1) is 5.82 Å². The zero-order chi connectivity index (χ0) is 14.0. The number of hydrogen-bond donors (Lipinski definition) is 0. The fourth-order valence-electron chi connectivity index (χ4n) is 1.73. The maximum atomic E-state index is 13.6. The molecule has 3 nitrogen and oxygen atoms in total. The third kappa shape index (κ3) is 3.29. The molecule has 0 saturated heterocycles. The highest BCUT2D eigenvalue weighted by molar-refractivity contribution is 9.10. The fourth-order valence-corrected chi connectivity index (χ4v) is 2.09. The zero-order valence-electron chi connectivity index (χ0n) is 10.7. The lowest BCUT2D eigenvalue weighted by Crippen LogP contribution is -2.08.